The fourth-order valence-electron chi connectivity index (χ4n) is 3.57. The van der Waals surface area contributed by atoms with E-state index >= 15 is 0 Å². The van der Waals surface area contributed by atoms with Gasteiger partial charge in [-0.3, -0.25) is 9.80 Å². The highest BCUT2D eigenvalue weighted by Gasteiger charge is 2.37. The van der Waals surface area contributed by atoms with E-state index in [0.29, 0.717) is 12.1 Å². The molecular formula is C16H24N2O. The maximum Gasteiger partial charge on any atom is 0.0707 e. The average molecular weight is 260 g/mol. The first-order valence-corrected chi connectivity index (χ1v) is 7.40. The number of rotatable bonds is 2. The number of piperazine rings is 1. The van der Waals surface area contributed by atoms with Crippen LogP contribution in [0.5, 0.6) is 0 Å². The Morgan fingerprint density at radius 3 is 2.74 bits per heavy atom. The third kappa shape index (κ3) is 2.83. The molecule has 1 aromatic carbocycles. The van der Waals surface area contributed by atoms with Crippen molar-refractivity contribution in [1.29, 1.82) is 0 Å². The summed E-state index contributed by atoms with van der Waals surface area (Å²) in [6.07, 6.45) is 3.16. The van der Waals surface area contributed by atoms with Crippen LogP contribution in [-0.4, -0.2) is 53.2 Å². The van der Waals surface area contributed by atoms with Gasteiger partial charge in [-0.1, -0.05) is 30.3 Å². The molecule has 3 saturated heterocycles. The SMILES string of the molecule is CN1C[C@H]2CCC[C@H](O)[C@H]1CN2Cc1ccccc1. The van der Waals surface area contributed by atoms with E-state index in [4.69, 9.17) is 0 Å². The number of fused-ring (bicyclic) bond motifs is 5. The third-order valence-corrected chi connectivity index (χ3v) is 4.71. The van der Waals surface area contributed by atoms with Crippen LogP contribution in [0.4, 0.5) is 0 Å². The number of aliphatic hydroxyl groups is 1. The predicted molar refractivity (Wildman–Crippen MR) is 76.9 cm³/mol. The van der Waals surface area contributed by atoms with Crippen molar-refractivity contribution in [1.82, 2.24) is 9.80 Å². The van der Waals surface area contributed by atoms with Crippen LogP contribution in [0.2, 0.25) is 0 Å². The molecule has 0 amide bonds. The largest absolute Gasteiger partial charge is 0.391 e. The molecule has 0 aromatic heterocycles. The second kappa shape index (κ2) is 5.61. The van der Waals surface area contributed by atoms with Crippen LogP contribution in [-0.2, 0) is 6.54 Å². The van der Waals surface area contributed by atoms with Crippen LogP contribution >= 0.6 is 0 Å². The van der Waals surface area contributed by atoms with E-state index in [2.05, 4.69) is 47.2 Å². The van der Waals surface area contributed by atoms with Crippen molar-refractivity contribution in [3.8, 4) is 0 Å². The molecule has 1 N–H and O–H groups in total. The molecule has 3 aliphatic rings. The number of benzene rings is 1. The molecule has 3 fully saturated rings. The summed E-state index contributed by atoms with van der Waals surface area (Å²) in [5.74, 6) is 0. The summed E-state index contributed by atoms with van der Waals surface area (Å²) < 4.78 is 0. The van der Waals surface area contributed by atoms with Gasteiger partial charge in [-0.15, -0.1) is 0 Å². The first-order valence-electron chi connectivity index (χ1n) is 7.40. The Morgan fingerprint density at radius 2 is 1.95 bits per heavy atom. The molecule has 0 unspecified atom stereocenters. The van der Waals surface area contributed by atoms with Gasteiger partial charge in [0.15, 0.2) is 0 Å². The summed E-state index contributed by atoms with van der Waals surface area (Å²) in [6.45, 7) is 3.11. The van der Waals surface area contributed by atoms with Gasteiger partial charge in [0.05, 0.1) is 6.10 Å². The second-order valence-electron chi connectivity index (χ2n) is 6.07. The lowest BCUT2D eigenvalue weighted by Crippen LogP contribution is -2.61. The van der Waals surface area contributed by atoms with Crippen LogP contribution in [0.3, 0.4) is 0 Å². The lowest BCUT2D eigenvalue weighted by molar-refractivity contribution is -0.0438. The van der Waals surface area contributed by atoms with Crippen LogP contribution in [0.25, 0.3) is 0 Å². The van der Waals surface area contributed by atoms with Crippen molar-refractivity contribution in [2.75, 3.05) is 20.1 Å². The fraction of sp³-hybridized carbons (Fsp3) is 0.625. The van der Waals surface area contributed by atoms with Crippen molar-refractivity contribution in [3.63, 3.8) is 0 Å². The van der Waals surface area contributed by atoms with Crippen LogP contribution in [0, 0.1) is 0 Å². The quantitative estimate of drug-likeness (QED) is 0.877. The monoisotopic (exact) mass is 260 g/mol. The van der Waals surface area contributed by atoms with E-state index in [9.17, 15) is 5.11 Å². The minimum Gasteiger partial charge on any atom is -0.391 e. The number of hydrogen-bond acceptors (Lipinski definition) is 3. The molecule has 3 heterocycles. The van der Waals surface area contributed by atoms with Gasteiger partial charge in [0.25, 0.3) is 0 Å². The zero-order valence-electron chi connectivity index (χ0n) is 11.7. The Bertz CT molecular complexity index is 404. The maximum atomic E-state index is 10.3. The van der Waals surface area contributed by atoms with Gasteiger partial charge < -0.3 is 5.11 Å². The van der Waals surface area contributed by atoms with Crippen LogP contribution < -0.4 is 0 Å². The van der Waals surface area contributed by atoms with Gasteiger partial charge in [-0.2, -0.15) is 0 Å². The zero-order chi connectivity index (χ0) is 13.2. The van der Waals surface area contributed by atoms with Crippen molar-refractivity contribution in [2.45, 2.75) is 44.0 Å². The molecule has 4 rings (SSSR count). The molecule has 19 heavy (non-hydrogen) atoms. The van der Waals surface area contributed by atoms with Crippen LogP contribution in [0.15, 0.2) is 30.3 Å². The van der Waals surface area contributed by atoms with E-state index in [1.165, 1.54) is 12.0 Å². The standard InChI is InChI=1S/C16H24N2O/c1-17-11-14-8-5-9-16(19)15(17)12-18(14)10-13-6-3-2-4-7-13/h2-4,6-7,14-16,19H,5,8-12H2,1H3/t14-,15-,16+/m1/s1. The Morgan fingerprint density at radius 1 is 1.16 bits per heavy atom. The minimum atomic E-state index is -0.162. The van der Waals surface area contributed by atoms with Gasteiger partial charge >= 0.3 is 0 Å². The number of hydrogen-bond donors (Lipinski definition) is 1. The van der Waals surface area contributed by atoms with Gasteiger partial charge in [0.1, 0.15) is 0 Å². The van der Waals surface area contributed by atoms with Crippen molar-refractivity contribution >= 4 is 0 Å². The molecule has 0 spiro atoms. The summed E-state index contributed by atoms with van der Waals surface area (Å²) in [4.78, 5) is 4.93. The molecular weight excluding hydrogens is 236 g/mol. The summed E-state index contributed by atoms with van der Waals surface area (Å²) in [5.41, 5.74) is 1.38. The summed E-state index contributed by atoms with van der Waals surface area (Å²) >= 11 is 0. The molecule has 3 aliphatic heterocycles. The first-order chi connectivity index (χ1) is 9.24. The molecule has 1 aromatic rings. The Labute approximate surface area is 115 Å². The predicted octanol–water partition coefficient (Wildman–Crippen LogP) is 1.72. The second-order valence-corrected chi connectivity index (χ2v) is 6.07. The van der Waals surface area contributed by atoms with Crippen molar-refractivity contribution in [2.24, 2.45) is 0 Å². The topological polar surface area (TPSA) is 26.7 Å². The van der Waals surface area contributed by atoms with E-state index in [0.717, 1.165) is 32.5 Å². The van der Waals surface area contributed by atoms with E-state index < -0.39 is 0 Å². The van der Waals surface area contributed by atoms with Crippen LogP contribution in [0.1, 0.15) is 24.8 Å². The number of nitrogens with zero attached hydrogens (tertiary/aromatic N) is 2. The van der Waals surface area contributed by atoms with E-state index in [1.807, 2.05) is 0 Å². The van der Waals surface area contributed by atoms with Crippen molar-refractivity contribution < 1.29 is 5.11 Å². The molecule has 2 bridgehead atoms. The number of likely N-dealkylation sites (N-methyl/N-ethyl adjacent to an activating group) is 1. The zero-order valence-corrected chi connectivity index (χ0v) is 11.7. The molecule has 0 radical (unpaired) electrons. The molecule has 3 nitrogen and oxygen atoms in total. The lowest BCUT2D eigenvalue weighted by atomic mass is 9.91. The molecule has 0 aliphatic carbocycles. The van der Waals surface area contributed by atoms with Crippen molar-refractivity contribution in [3.05, 3.63) is 35.9 Å². The first kappa shape index (κ1) is 13.1. The molecule has 0 saturated carbocycles. The summed E-state index contributed by atoms with van der Waals surface area (Å²) in [6, 6.07) is 11.6. The summed E-state index contributed by atoms with van der Waals surface area (Å²) in [7, 11) is 2.16. The average Bonchev–Trinajstić information content (AvgIpc) is 2.40. The summed E-state index contributed by atoms with van der Waals surface area (Å²) in [5, 5.41) is 10.3. The smallest absolute Gasteiger partial charge is 0.0707 e. The third-order valence-electron chi connectivity index (χ3n) is 4.71. The number of aliphatic hydroxyl groups excluding tert-OH is 1. The highest BCUT2D eigenvalue weighted by Crippen LogP contribution is 2.27. The van der Waals surface area contributed by atoms with Gasteiger partial charge in [-0.05, 0) is 31.9 Å². The Hall–Kier alpha value is -0.900. The van der Waals surface area contributed by atoms with Gasteiger partial charge in [0.2, 0.25) is 0 Å². The lowest BCUT2D eigenvalue weighted by Gasteiger charge is -2.48. The van der Waals surface area contributed by atoms with E-state index in [1.54, 1.807) is 0 Å². The highest BCUT2D eigenvalue weighted by molar-refractivity contribution is 5.15. The molecule has 3 atom stereocenters. The Kier molecular flexibility index (Phi) is 3.87. The minimum absolute atomic E-state index is 0.162. The van der Waals surface area contributed by atoms with E-state index in [-0.39, 0.29) is 6.10 Å². The normalized spacial score (nSPS) is 33.1. The van der Waals surface area contributed by atoms with Gasteiger partial charge in [0, 0.05) is 31.7 Å². The molecule has 3 heteroatoms. The maximum absolute atomic E-state index is 10.3. The Balaban J connectivity index is 1.75. The van der Waals surface area contributed by atoms with Gasteiger partial charge in [-0.25, -0.2) is 0 Å². The molecule has 104 valence electrons. The highest BCUT2D eigenvalue weighted by atomic mass is 16.3. The fourth-order valence-corrected chi connectivity index (χ4v) is 3.57.